The van der Waals surface area contributed by atoms with Crippen LogP contribution < -0.4 is 10.6 Å². The minimum absolute atomic E-state index is 0.0345. The average molecular weight is 457 g/mol. The second kappa shape index (κ2) is 5.96. The fourth-order valence-electron chi connectivity index (χ4n) is 2.61. The second-order valence-electron chi connectivity index (χ2n) is 5.07. The third-order valence-corrected chi connectivity index (χ3v) is 5.07. The van der Waals surface area contributed by atoms with E-state index in [4.69, 9.17) is 5.73 Å². The monoisotopic (exact) mass is 456 g/mol. The van der Waals surface area contributed by atoms with Gasteiger partial charge in [0.15, 0.2) is 0 Å². The number of carbonyl (C=O) groups excluding carboxylic acids is 1. The molecule has 5 heteroatoms. The van der Waals surface area contributed by atoms with Gasteiger partial charge < -0.3 is 10.6 Å². The molecule has 1 amide bonds. The minimum atomic E-state index is 0.0345. The van der Waals surface area contributed by atoms with E-state index in [2.05, 4.69) is 38.5 Å². The van der Waals surface area contributed by atoms with Gasteiger partial charge in [0.05, 0.1) is 5.56 Å². The number of carbonyl (C=O) groups is 1. The lowest BCUT2D eigenvalue weighted by molar-refractivity contribution is 0.0984. The molecule has 0 spiro atoms. The number of nitrogens with two attached hydrogens (primary N) is 1. The number of benzene rings is 2. The zero-order valence-electron chi connectivity index (χ0n) is 11.3. The summed E-state index contributed by atoms with van der Waals surface area (Å²) in [5.41, 5.74) is 9.44. The fraction of sp³-hybridized carbons (Fsp3) is 0.188. The number of hydrogen-bond donors (Lipinski definition) is 1. The van der Waals surface area contributed by atoms with Crippen LogP contribution in [0.15, 0.2) is 40.9 Å². The van der Waals surface area contributed by atoms with Crippen molar-refractivity contribution in [3.63, 3.8) is 0 Å². The molecule has 0 aliphatic carbocycles. The minimum Gasteiger partial charge on any atom is -0.399 e. The fourth-order valence-corrected chi connectivity index (χ4v) is 3.54. The van der Waals surface area contributed by atoms with Crippen molar-refractivity contribution in [1.82, 2.24) is 0 Å². The van der Waals surface area contributed by atoms with Crippen LogP contribution in [0.3, 0.4) is 0 Å². The smallest absolute Gasteiger partial charge is 0.259 e. The number of fused-ring (bicyclic) bond motifs is 1. The molecule has 1 heterocycles. The Kier molecular flexibility index (Phi) is 4.21. The molecule has 21 heavy (non-hydrogen) atoms. The topological polar surface area (TPSA) is 46.3 Å². The molecule has 1 aliphatic rings. The maximum atomic E-state index is 12.9. The summed E-state index contributed by atoms with van der Waals surface area (Å²) in [6, 6.07) is 11.6. The Labute approximate surface area is 145 Å². The van der Waals surface area contributed by atoms with E-state index in [0.29, 0.717) is 5.69 Å². The van der Waals surface area contributed by atoms with Gasteiger partial charge in [0, 0.05) is 26.0 Å². The zero-order valence-corrected chi connectivity index (χ0v) is 15.0. The maximum absolute atomic E-state index is 12.9. The van der Waals surface area contributed by atoms with E-state index in [0.717, 1.165) is 38.7 Å². The Morgan fingerprint density at radius 1 is 1.24 bits per heavy atom. The normalized spacial score (nSPS) is 13.9. The quantitative estimate of drug-likeness (QED) is 0.515. The summed E-state index contributed by atoms with van der Waals surface area (Å²) in [5.74, 6) is 0.0345. The van der Waals surface area contributed by atoms with Crippen LogP contribution in [-0.2, 0) is 6.42 Å². The van der Waals surface area contributed by atoms with E-state index in [1.807, 2.05) is 41.3 Å². The molecular weight excluding hydrogens is 443 g/mol. The van der Waals surface area contributed by atoms with Gasteiger partial charge in [0.2, 0.25) is 0 Å². The van der Waals surface area contributed by atoms with Crippen LogP contribution in [0.25, 0.3) is 0 Å². The molecule has 2 aromatic carbocycles. The van der Waals surface area contributed by atoms with Crippen LogP contribution in [0.5, 0.6) is 0 Å². The number of nitrogen functional groups attached to an aromatic ring is 1. The first-order valence-electron chi connectivity index (χ1n) is 6.71. The first-order chi connectivity index (χ1) is 10.1. The Balaban J connectivity index is 2.04. The third-order valence-electron chi connectivity index (χ3n) is 3.63. The number of anilines is 2. The molecule has 2 aromatic rings. The molecule has 0 bridgehead atoms. The lowest BCUT2D eigenvalue weighted by atomic mass is 10.00. The van der Waals surface area contributed by atoms with Gasteiger partial charge in [-0.2, -0.15) is 0 Å². The molecule has 0 fully saturated rings. The Morgan fingerprint density at radius 2 is 2.05 bits per heavy atom. The number of aryl methyl sites for hydroxylation is 1. The van der Waals surface area contributed by atoms with Crippen molar-refractivity contribution in [2.75, 3.05) is 17.2 Å². The Bertz CT molecular complexity index is 717. The van der Waals surface area contributed by atoms with Gasteiger partial charge in [-0.3, -0.25) is 4.79 Å². The lowest BCUT2D eigenvalue weighted by Gasteiger charge is -2.30. The standard InChI is InChI=1S/C16H14BrIN2O/c17-11-4-6-14(18)13(8-11)16(21)20-7-1-2-10-3-5-12(19)9-15(10)20/h3-6,8-9H,1-2,7,19H2. The molecule has 0 saturated heterocycles. The highest BCUT2D eigenvalue weighted by molar-refractivity contribution is 14.1. The maximum Gasteiger partial charge on any atom is 0.259 e. The molecule has 3 nitrogen and oxygen atoms in total. The first kappa shape index (κ1) is 14.8. The highest BCUT2D eigenvalue weighted by atomic mass is 127. The summed E-state index contributed by atoms with van der Waals surface area (Å²) in [4.78, 5) is 14.8. The highest BCUT2D eigenvalue weighted by Gasteiger charge is 2.25. The molecule has 3 rings (SSSR count). The SMILES string of the molecule is Nc1ccc2c(c1)N(C(=O)c1cc(Br)ccc1I)CCC2. The van der Waals surface area contributed by atoms with E-state index >= 15 is 0 Å². The van der Waals surface area contributed by atoms with Gasteiger partial charge in [-0.25, -0.2) is 0 Å². The van der Waals surface area contributed by atoms with Crippen LogP contribution in [-0.4, -0.2) is 12.5 Å². The van der Waals surface area contributed by atoms with Gasteiger partial charge in [0.25, 0.3) is 5.91 Å². The van der Waals surface area contributed by atoms with E-state index in [9.17, 15) is 4.79 Å². The molecule has 0 radical (unpaired) electrons. The number of halogens is 2. The van der Waals surface area contributed by atoms with Crippen molar-refractivity contribution >= 4 is 55.8 Å². The van der Waals surface area contributed by atoms with Crippen molar-refractivity contribution in [2.24, 2.45) is 0 Å². The predicted molar refractivity (Wildman–Crippen MR) is 97.7 cm³/mol. The van der Waals surface area contributed by atoms with Crippen molar-refractivity contribution < 1.29 is 4.79 Å². The van der Waals surface area contributed by atoms with Crippen molar-refractivity contribution in [2.45, 2.75) is 12.8 Å². The summed E-state index contributed by atoms with van der Waals surface area (Å²) in [5, 5.41) is 0. The van der Waals surface area contributed by atoms with E-state index in [1.54, 1.807) is 0 Å². The van der Waals surface area contributed by atoms with E-state index in [-0.39, 0.29) is 5.91 Å². The van der Waals surface area contributed by atoms with Gasteiger partial charge in [0.1, 0.15) is 0 Å². The largest absolute Gasteiger partial charge is 0.399 e. The molecule has 2 N–H and O–H groups in total. The Morgan fingerprint density at radius 3 is 2.86 bits per heavy atom. The first-order valence-corrected chi connectivity index (χ1v) is 8.59. The molecule has 1 aliphatic heterocycles. The van der Waals surface area contributed by atoms with E-state index in [1.165, 1.54) is 5.56 Å². The van der Waals surface area contributed by atoms with Gasteiger partial charge in [-0.15, -0.1) is 0 Å². The lowest BCUT2D eigenvalue weighted by Crippen LogP contribution is -2.36. The van der Waals surface area contributed by atoms with Gasteiger partial charge in [-0.1, -0.05) is 22.0 Å². The summed E-state index contributed by atoms with van der Waals surface area (Å²) < 4.78 is 1.87. The summed E-state index contributed by atoms with van der Waals surface area (Å²) in [6.45, 7) is 0.734. The number of amides is 1. The van der Waals surface area contributed by atoms with Crippen LogP contribution in [0, 0.1) is 3.57 Å². The molecule has 0 aromatic heterocycles. The van der Waals surface area contributed by atoms with E-state index < -0.39 is 0 Å². The van der Waals surface area contributed by atoms with Crippen molar-refractivity contribution in [3.8, 4) is 0 Å². The molecular formula is C16H14BrIN2O. The predicted octanol–water partition coefficient (Wildman–Crippen LogP) is 4.23. The number of nitrogens with zero attached hydrogens (tertiary/aromatic N) is 1. The summed E-state index contributed by atoms with van der Waals surface area (Å²) in [6.07, 6.45) is 1.97. The van der Waals surface area contributed by atoms with Crippen molar-refractivity contribution in [1.29, 1.82) is 0 Å². The van der Waals surface area contributed by atoms with Gasteiger partial charge >= 0.3 is 0 Å². The molecule has 0 atom stereocenters. The van der Waals surface area contributed by atoms with Crippen LogP contribution in [0.4, 0.5) is 11.4 Å². The third kappa shape index (κ3) is 2.94. The Hall–Kier alpha value is -1.08. The van der Waals surface area contributed by atoms with Gasteiger partial charge in [-0.05, 0) is 71.3 Å². The van der Waals surface area contributed by atoms with Crippen molar-refractivity contribution in [3.05, 3.63) is 55.6 Å². The highest BCUT2D eigenvalue weighted by Crippen LogP contribution is 2.31. The molecule has 0 unspecified atom stereocenters. The second-order valence-corrected chi connectivity index (χ2v) is 7.15. The van der Waals surface area contributed by atoms with Crippen LogP contribution in [0.2, 0.25) is 0 Å². The zero-order chi connectivity index (χ0) is 15.0. The van der Waals surface area contributed by atoms with Crippen LogP contribution >= 0.6 is 38.5 Å². The summed E-state index contributed by atoms with van der Waals surface area (Å²) in [7, 11) is 0. The average Bonchev–Trinajstić information content (AvgIpc) is 2.48. The molecule has 108 valence electrons. The number of hydrogen-bond acceptors (Lipinski definition) is 2. The summed E-state index contributed by atoms with van der Waals surface area (Å²) >= 11 is 5.64. The number of rotatable bonds is 1. The van der Waals surface area contributed by atoms with Crippen LogP contribution in [0.1, 0.15) is 22.3 Å². The molecule has 0 saturated carbocycles.